The molecule has 3 aromatic carbocycles. The lowest BCUT2D eigenvalue weighted by molar-refractivity contribution is -0.126. The molecule has 0 saturated carbocycles. The SMILES string of the molecule is Cc1cc(-c2ncnn3cc(-c4ccc(CN5CCC(c6ccc(NC7CCC(=O)NC7O)cc6)CC5)cc4)cc23)ccc1CNC(=O)N1CCC(OC(C)(C)C)C1. The Bertz CT molecular complexity index is 2220. The summed E-state index contributed by atoms with van der Waals surface area (Å²) in [7, 11) is 0. The molecule has 3 unspecified atom stereocenters. The summed E-state index contributed by atoms with van der Waals surface area (Å²) in [4.78, 5) is 33.6. The second kappa shape index (κ2) is 16.9. The Morgan fingerprint density at radius 1 is 0.931 bits per heavy atom. The first kappa shape index (κ1) is 39.5. The maximum Gasteiger partial charge on any atom is 0.317 e. The number of nitrogens with zero attached hydrogens (tertiary/aromatic N) is 5. The number of carbonyl (C=O) groups is 2. The number of aliphatic hydroxyl groups excluding tert-OH is 1. The van der Waals surface area contributed by atoms with Crippen LogP contribution in [-0.2, 0) is 22.6 Å². The van der Waals surface area contributed by atoms with Gasteiger partial charge in [-0.1, -0.05) is 48.5 Å². The average Bonchev–Trinajstić information content (AvgIpc) is 3.86. The molecule has 0 spiro atoms. The van der Waals surface area contributed by atoms with E-state index in [4.69, 9.17) is 9.72 Å². The van der Waals surface area contributed by atoms with Gasteiger partial charge in [-0.25, -0.2) is 14.3 Å². The number of hydrogen-bond acceptors (Lipinski definition) is 8. The molecule has 0 bridgehead atoms. The summed E-state index contributed by atoms with van der Waals surface area (Å²) in [6.07, 6.45) is 7.01. The molecule has 4 N–H and O–H groups in total. The standard InChI is InChI=1S/C46H56N8O4/c1-30-23-35(9-10-36(30)25-47-45(57)53-22-19-39(28-53)58-46(2,3)4)43-41-24-37(27-54(41)49-29-48-43)33-7-5-31(6-8-33)26-52-20-17-34(18-21-52)32-11-13-38(14-12-32)50-40-15-16-42(55)51-44(40)56/h5-14,23-24,27,29,34,39-40,44,50,56H,15-22,25-26,28H2,1-4H3,(H,47,57)(H,51,55). The molecule has 3 aliphatic rings. The van der Waals surface area contributed by atoms with Gasteiger partial charge in [-0.3, -0.25) is 9.69 Å². The number of anilines is 1. The Kier molecular flexibility index (Phi) is 11.5. The van der Waals surface area contributed by atoms with Crippen LogP contribution < -0.4 is 16.0 Å². The zero-order valence-corrected chi connectivity index (χ0v) is 34.1. The molecule has 3 amide bonds. The van der Waals surface area contributed by atoms with E-state index in [0.29, 0.717) is 38.4 Å². The lowest BCUT2D eigenvalue weighted by Gasteiger charge is -2.32. The lowest BCUT2D eigenvalue weighted by Crippen LogP contribution is -2.51. The summed E-state index contributed by atoms with van der Waals surface area (Å²) < 4.78 is 7.99. The van der Waals surface area contributed by atoms with Crippen LogP contribution in [0.25, 0.3) is 27.9 Å². The molecule has 304 valence electrons. The summed E-state index contributed by atoms with van der Waals surface area (Å²) in [5, 5.41) is 23.8. The van der Waals surface area contributed by atoms with Crippen molar-refractivity contribution in [2.75, 3.05) is 31.5 Å². The van der Waals surface area contributed by atoms with E-state index in [2.05, 4.69) is 133 Å². The minimum absolute atomic E-state index is 0.0552. The first-order valence-electron chi connectivity index (χ1n) is 20.7. The van der Waals surface area contributed by atoms with Crippen LogP contribution >= 0.6 is 0 Å². The third-order valence-electron chi connectivity index (χ3n) is 11.8. The maximum atomic E-state index is 12.9. The highest BCUT2D eigenvalue weighted by Gasteiger charge is 2.30. The molecule has 8 rings (SSSR count). The van der Waals surface area contributed by atoms with Gasteiger partial charge in [0, 0.05) is 55.6 Å². The van der Waals surface area contributed by atoms with E-state index in [0.717, 1.165) is 83.6 Å². The fraction of sp³-hybridized carbons (Fsp3) is 0.435. The zero-order chi connectivity index (χ0) is 40.4. The van der Waals surface area contributed by atoms with Crippen molar-refractivity contribution in [1.29, 1.82) is 0 Å². The van der Waals surface area contributed by atoms with Gasteiger partial charge in [-0.2, -0.15) is 5.10 Å². The number of hydrogen-bond donors (Lipinski definition) is 4. The van der Waals surface area contributed by atoms with E-state index in [-0.39, 0.29) is 29.7 Å². The fourth-order valence-electron chi connectivity index (χ4n) is 8.63. The number of piperidine rings is 2. The van der Waals surface area contributed by atoms with E-state index in [1.807, 2.05) is 9.42 Å². The molecule has 3 aliphatic heterocycles. The van der Waals surface area contributed by atoms with Crippen molar-refractivity contribution in [3.63, 3.8) is 0 Å². The van der Waals surface area contributed by atoms with Crippen molar-refractivity contribution < 1.29 is 19.4 Å². The molecular formula is C46H56N8O4. The number of nitrogens with one attached hydrogen (secondary N) is 3. The van der Waals surface area contributed by atoms with Crippen LogP contribution in [0.1, 0.15) is 81.0 Å². The van der Waals surface area contributed by atoms with E-state index >= 15 is 0 Å². The largest absolute Gasteiger partial charge is 0.378 e. The molecule has 12 heteroatoms. The summed E-state index contributed by atoms with van der Waals surface area (Å²) in [6, 6.07) is 25.7. The van der Waals surface area contributed by atoms with Crippen molar-refractivity contribution in [2.24, 2.45) is 0 Å². The number of ether oxygens (including phenoxy) is 1. The Morgan fingerprint density at radius 2 is 1.69 bits per heavy atom. The number of aromatic nitrogens is 3. The van der Waals surface area contributed by atoms with Gasteiger partial charge in [0.25, 0.3) is 0 Å². The summed E-state index contributed by atoms with van der Waals surface area (Å²) in [6.45, 7) is 13.0. The number of fused-ring (bicyclic) bond motifs is 1. The van der Waals surface area contributed by atoms with Gasteiger partial charge in [0.05, 0.1) is 29.0 Å². The fourth-order valence-corrected chi connectivity index (χ4v) is 8.63. The van der Waals surface area contributed by atoms with Crippen molar-refractivity contribution in [3.05, 3.63) is 108 Å². The molecule has 0 aliphatic carbocycles. The Hall–Kier alpha value is -5.30. The van der Waals surface area contributed by atoms with Crippen LogP contribution in [0.3, 0.4) is 0 Å². The van der Waals surface area contributed by atoms with E-state index < -0.39 is 6.23 Å². The number of benzene rings is 3. The molecule has 2 aromatic heterocycles. The molecule has 3 saturated heterocycles. The van der Waals surface area contributed by atoms with Gasteiger partial charge >= 0.3 is 6.03 Å². The molecule has 0 radical (unpaired) electrons. The monoisotopic (exact) mass is 784 g/mol. The molecular weight excluding hydrogens is 729 g/mol. The Balaban J connectivity index is 0.840. The Morgan fingerprint density at radius 3 is 2.41 bits per heavy atom. The van der Waals surface area contributed by atoms with Crippen molar-refractivity contribution in [2.45, 2.75) is 103 Å². The average molecular weight is 785 g/mol. The van der Waals surface area contributed by atoms with Crippen LogP contribution in [-0.4, -0.2) is 91.6 Å². The topological polar surface area (TPSA) is 136 Å². The van der Waals surface area contributed by atoms with Crippen molar-refractivity contribution in [1.82, 2.24) is 35.0 Å². The summed E-state index contributed by atoms with van der Waals surface area (Å²) >= 11 is 0. The first-order valence-corrected chi connectivity index (χ1v) is 20.7. The molecule has 3 fully saturated rings. The zero-order valence-electron chi connectivity index (χ0n) is 34.1. The van der Waals surface area contributed by atoms with Crippen LogP contribution in [0.2, 0.25) is 0 Å². The van der Waals surface area contributed by atoms with Crippen LogP contribution in [0.5, 0.6) is 0 Å². The number of likely N-dealkylation sites (tertiary alicyclic amines) is 2. The highest BCUT2D eigenvalue weighted by atomic mass is 16.5. The number of urea groups is 1. The molecule has 5 heterocycles. The summed E-state index contributed by atoms with van der Waals surface area (Å²) in [5.41, 5.74) is 10.6. The van der Waals surface area contributed by atoms with Gasteiger partial charge < -0.3 is 30.7 Å². The van der Waals surface area contributed by atoms with Crippen LogP contribution in [0, 0.1) is 6.92 Å². The maximum absolute atomic E-state index is 12.9. The highest BCUT2D eigenvalue weighted by Crippen LogP contribution is 2.32. The van der Waals surface area contributed by atoms with E-state index in [1.54, 1.807) is 6.33 Å². The minimum Gasteiger partial charge on any atom is -0.378 e. The first-order chi connectivity index (χ1) is 27.9. The number of aliphatic hydroxyl groups is 1. The predicted octanol–water partition coefficient (Wildman–Crippen LogP) is 6.86. The quantitative estimate of drug-likeness (QED) is 0.121. The third-order valence-corrected chi connectivity index (χ3v) is 11.8. The second-order valence-electron chi connectivity index (χ2n) is 17.2. The van der Waals surface area contributed by atoms with Gasteiger partial charge in [0.1, 0.15) is 12.6 Å². The molecule has 58 heavy (non-hydrogen) atoms. The number of aryl methyl sites for hydroxylation is 1. The number of carbonyl (C=O) groups excluding carboxylic acids is 2. The highest BCUT2D eigenvalue weighted by molar-refractivity contribution is 5.82. The van der Waals surface area contributed by atoms with Gasteiger partial charge in [-0.05, 0) is 124 Å². The van der Waals surface area contributed by atoms with Gasteiger partial charge in [0.2, 0.25) is 5.91 Å². The van der Waals surface area contributed by atoms with E-state index in [9.17, 15) is 14.7 Å². The molecule has 5 aromatic rings. The van der Waals surface area contributed by atoms with E-state index in [1.165, 1.54) is 11.1 Å². The van der Waals surface area contributed by atoms with Gasteiger partial charge in [0.15, 0.2) is 0 Å². The lowest BCUT2D eigenvalue weighted by atomic mass is 9.89. The summed E-state index contributed by atoms with van der Waals surface area (Å²) in [5.74, 6) is 0.428. The van der Waals surface area contributed by atoms with Crippen molar-refractivity contribution in [3.8, 4) is 22.4 Å². The number of amides is 3. The minimum atomic E-state index is -0.863. The Labute approximate surface area is 341 Å². The van der Waals surface area contributed by atoms with Crippen molar-refractivity contribution >= 4 is 23.1 Å². The molecule has 3 atom stereocenters. The normalized spacial score (nSPS) is 20.7. The third kappa shape index (κ3) is 9.36. The molecule has 12 nitrogen and oxygen atoms in total. The number of rotatable bonds is 10. The van der Waals surface area contributed by atoms with Gasteiger partial charge in [-0.15, -0.1) is 0 Å². The smallest absolute Gasteiger partial charge is 0.317 e. The predicted molar refractivity (Wildman–Crippen MR) is 226 cm³/mol. The second-order valence-corrected chi connectivity index (χ2v) is 17.2. The van der Waals surface area contributed by atoms with Crippen LogP contribution in [0.4, 0.5) is 10.5 Å². The van der Waals surface area contributed by atoms with Crippen LogP contribution in [0.15, 0.2) is 85.3 Å².